The maximum Gasteiger partial charge on any atom is 0.264 e. The molecule has 4 rings (SSSR count). The molecule has 1 aromatic heterocycles. The van der Waals surface area contributed by atoms with E-state index < -0.39 is 39.2 Å². The summed E-state index contributed by atoms with van der Waals surface area (Å²) in [6.07, 6.45) is 3.54. The summed E-state index contributed by atoms with van der Waals surface area (Å²) < 4.78 is 77.6. The van der Waals surface area contributed by atoms with E-state index in [4.69, 9.17) is 16.3 Å². The number of benzene rings is 3. The van der Waals surface area contributed by atoms with Crippen molar-refractivity contribution < 1.29 is 26.3 Å². The highest BCUT2D eigenvalue weighted by molar-refractivity contribution is 7.92. The molecule has 1 atom stereocenters. The maximum atomic E-state index is 15.0. The molecule has 0 N–H and O–H groups in total. The van der Waals surface area contributed by atoms with Crippen LogP contribution >= 0.6 is 11.6 Å². The van der Waals surface area contributed by atoms with Crippen molar-refractivity contribution in [3.63, 3.8) is 0 Å². The smallest absolute Gasteiger partial charge is 0.264 e. The number of nitrogens with zero attached hydrogens (tertiary/aromatic N) is 2. The van der Waals surface area contributed by atoms with E-state index in [-0.39, 0.29) is 17.9 Å². The molecule has 198 valence electrons. The Bertz CT molecular complexity index is 1500. The molecule has 0 aliphatic rings. The van der Waals surface area contributed by atoms with Crippen LogP contribution in [-0.2, 0) is 27.8 Å². The van der Waals surface area contributed by atoms with E-state index in [1.807, 2.05) is 12.1 Å². The van der Waals surface area contributed by atoms with Crippen LogP contribution in [0, 0.1) is 17.5 Å². The lowest BCUT2D eigenvalue weighted by Gasteiger charge is -2.32. The van der Waals surface area contributed by atoms with Crippen LogP contribution in [0.2, 0.25) is 5.02 Å². The van der Waals surface area contributed by atoms with Gasteiger partial charge in [-0.1, -0.05) is 17.7 Å². The minimum absolute atomic E-state index is 0.165. The third-order valence-corrected chi connectivity index (χ3v) is 8.11. The number of halogens is 4. The molecule has 10 heteroatoms. The van der Waals surface area contributed by atoms with Crippen molar-refractivity contribution in [3.8, 4) is 0 Å². The van der Waals surface area contributed by atoms with Gasteiger partial charge in [0.25, 0.3) is 10.0 Å². The Hall–Kier alpha value is -3.40. The lowest BCUT2D eigenvalue weighted by Crippen LogP contribution is -2.35. The van der Waals surface area contributed by atoms with Crippen LogP contribution < -0.4 is 4.31 Å². The van der Waals surface area contributed by atoms with Gasteiger partial charge in [0, 0.05) is 23.5 Å². The van der Waals surface area contributed by atoms with Gasteiger partial charge in [0.2, 0.25) is 0 Å². The third-order valence-electron chi connectivity index (χ3n) is 5.96. The van der Waals surface area contributed by atoms with Gasteiger partial charge in [-0.2, -0.15) is 0 Å². The number of pyridine rings is 1. The first-order chi connectivity index (χ1) is 18.2. The summed E-state index contributed by atoms with van der Waals surface area (Å²) in [4.78, 5) is 3.79. The molecule has 0 radical (unpaired) electrons. The highest BCUT2D eigenvalue weighted by Gasteiger charge is 2.33. The Morgan fingerprint density at radius 1 is 0.921 bits per heavy atom. The Balaban J connectivity index is 1.71. The molecule has 0 saturated heterocycles. The van der Waals surface area contributed by atoms with Gasteiger partial charge in [0.1, 0.15) is 17.5 Å². The Morgan fingerprint density at radius 3 is 2.29 bits per heavy atom. The van der Waals surface area contributed by atoms with E-state index in [2.05, 4.69) is 4.98 Å². The van der Waals surface area contributed by atoms with Crippen molar-refractivity contribution in [2.45, 2.75) is 30.9 Å². The van der Waals surface area contributed by atoms with Crippen molar-refractivity contribution in [2.75, 3.05) is 10.9 Å². The number of hydrogen-bond donors (Lipinski definition) is 0. The molecule has 0 aliphatic carbocycles. The predicted octanol–water partition coefficient (Wildman–Crippen LogP) is 6.87. The standard InChI is InChI=1S/C28H24ClF3N2O3S/c1-19(26-8-4-23(30)16-21(26)12-15-37-18-20-10-13-33-14-11-20)34(28-17-24(31)5-9-27(28)32)38(35,36)25-6-2-22(29)3-7-25/h2-11,13-14,16-17,19H,12,15,18H2,1H3/t19-/m1/s1. The summed E-state index contributed by atoms with van der Waals surface area (Å²) in [6.45, 7) is 2.06. The fourth-order valence-electron chi connectivity index (χ4n) is 4.10. The average Bonchev–Trinajstić information content (AvgIpc) is 2.89. The molecule has 0 bridgehead atoms. The van der Waals surface area contributed by atoms with Gasteiger partial charge in [-0.05, 0) is 90.7 Å². The maximum absolute atomic E-state index is 15.0. The number of hydrogen-bond acceptors (Lipinski definition) is 4. The molecular formula is C28H24ClF3N2O3S. The van der Waals surface area contributed by atoms with Crippen LogP contribution in [0.1, 0.15) is 29.7 Å². The van der Waals surface area contributed by atoms with Crippen LogP contribution in [0.3, 0.4) is 0 Å². The number of ether oxygens (including phenoxy) is 1. The summed E-state index contributed by atoms with van der Waals surface area (Å²) in [7, 11) is -4.41. The van der Waals surface area contributed by atoms with Crippen LogP contribution in [-0.4, -0.2) is 20.0 Å². The SMILES string of the molecule is C[C@H](c1ccc(F)cc1CCOCc1ccncc1)N(c1cc(F)ccc1F)S(=O)(=O)c1ccc(Cl)cc1. The van der Waals surface area contributed by atoms with E-state index >= 15 is 4.39 Å². The Labute approximate surface area is 224 Å². The largest absolute Gasteiger partial charge is 0.376 e. The van der Waals surface area contributed by atoms with Crippen molar-refractivity contribution in [1.82, 2.24) is 4.98 Å². The van der Waals surface area contributed by atoms with Crippen LogP contribution in [0.15, 0.2) is 90.1 Å². The highest BCUT2D eigenvalue weighted by Crippen LogP contribution is 2.37. The van der Waals surface area contributed by atoms with Gasteiger partial charge >= 0.3 is 0 Å². The van der Waals surface area contributed by atoms with Crippen molar-refractivity contribution in [3.05, 3.63) is 124 Å². The van der Waals surface area contributed by atoms with Gasteiger partial charge < -0.3 is 4.74 Å². The molecular weight excluding hydrogens is 537 g/mol. The molecule has 0 aliphatic heterocycles. The van der Waals surface area contributed by atoms with Crippen molar-refractivity contribution in [1.29, 1.82) is 0 Å². The third kappa shape index (κ3) is 6.35. The van der Waals surface area contributed by atoms with E-state index in [9.17, 15) is 17.2 Å². The first-order valence-corrected chi connectivity index (χ1v) is 13.5. The predicted molar refractivity (Wildman–Crippen MR) is 140 cm³/mol. The topological polar surface area (TPSA) is 59.5 Å². The minimum Gasteiger partial charge on any atom is -0.376 e. The molecule has 3 aromatic carbocycles. The summed E-state index contributed by atoms with van der Waals surface area (Å²) in [6, 6.07) is 14.4. The van der Waals surface area contributed by atoms with Gasteiger partial charge in [-0.25, -0.2) is 21.6 Å². The summed E-state index contributed by atoms with van der Waals surface area (Å²) in [5.74, 6) is -2.26. The molecule has 0 unspecified atom stereocenters. The van der Waals surface area contributed by atoms with Crippen LogP contribution in [0.25, 0.3) is 0 Å². The summed E-state index contributed by atoms with van der Waals surface area (Å²) >= 11 is 5.93. The molecule has 0 saturated carbocycles. The second-order valence-corrected chi connectivity index (χ2v) is 10.8. The minimum atomic E-state index is -4.41. The zero-order valence-corrected chi connectivity index (χ0v) is 21.9. The Kier molecular flexibility index (Phi) is 8.71. The second kappa shape index (κ2) is 12.0. The van der Waals surface area contributed by atoms with Crippen LogP contribution in [0.4, 0.5) is 18.9 Å². The van der Waals surface area contributed by atoms with Crippen molar-refractivity contribution >= 4 is 27.3 Å². The average molecular weight is 561 g/mol. The Morgan fingerprint density at radius 2 is 1.58 bits per heavy atom. The van der Waals surface area contributed by atoms with E-state index in [1.54, 1.807) is 12.4 Å². The number of anilines is 1. The molecule has 5 nitrogen and oxygen atoms in total. The van der Waals surface area contributed by atoms with Gasteiger partial charge in [0.15, 0.2) is 0 Å². The molecule has 0 spiro atoms. The zero-order chi connectivity index (χ0) is 27.3. The normalized spacial score (nSPS) is 12.3. The highest BCUT2D eigenvalue weighted by atomic mass is 35.5. The number of aromatic nitrogens is 1. The quantitative estimate of drug-likeness (QED) is 0.199. The molecule has 1 heterocycles. The molecule has 0 amide bonds. The van der Waals surface area contributed by atoms with E-state index in [0.717, 1.165) is 28.1 Å². The first-order valence-electron chi connectivity index (χ1n) is 11.7. The van der Waals surface area contributed by atoms with Crippen LogP contribution in [0.5, 0.6) is 0 Å². The lowest BCUT2D eigenvalue weighted by atomic mass is 9.98. The fraction of sp³-hybridized carbons (Fsp3) is 0.179. The fourth-order valence-corrected chi connectivity index (χ4v) is 5.86. The number of rotatable bonds is 10. The van der Waals surface area contributed by atoms with Gasteiger partial charge in [-0.15, -0.1) is 0 Å². The van der Waals surface area contributed by atoms with Crippen molar-refractivity contribution in [2.24, 2.45) is 0 Å². The molecule has 0 fully saturated rings. The summed E-state index contributed by atoms with van der Waals surface area (Å²) in [5.41, 5.74) is 1.33. The lowest BCUT2D eigenvalue weighted by molar-refractivity contribution is 0.123. The van der Waals surface area contributed by atoms with Gasteiger partial charge in [0.05, 0.1) is 29.8 Å². The molecule has 38 heavy (non-hydrogen) atoms. The summed E-state index contributed by atoms with van der Waals surface area (Å²) in [5, 5.41) is 0.313. The monoisotopic (exact) mass is 560 g/mol. The number of sulfonamides is 1. The first kappa shape index (κ1) is 27.6. The van der Waals surface area contributed by atoms with Gasteiger partial charge in [-0.3, -0.25) is 9.29 Å². The van der Waals surface area contributed by atoms with E-state index in [1.165, 1.54) is 49.4 Å². The second-order valence-electron chi connectivity index (χ2n) is 8.53. The zero-order valence-electron chi connectivity index (χ0n) is 20.3. The molecule has 4 aromatic rings. The van der Waals surface area contributed by atoms with E-state index in [0.29, 0.717) is 22.8 Å².